The highest BCUT2D eigenvalue weighted by Gasteiger charge is 2.32. The minimum atomic E-state index is -4.36. The Hall–Kier alpha value is -1.47. The van der Waals surface area contributed by atoms with Gasteiger partial charge in [-0.2, -0.15) is 0 Å². The molecular weight excluding hydrogens is 267 g/mol. The Labute approximate surface area is 104 Å². The first-order chi connectivity index (χ1) is 8.22. The van der Waals surface area contributed by atoms with E-state index in [1.807, 2.05) is 0 Å². The quantitative estimate of drug-likeness (QED) is 0.301. The summed E-state index contributed by atoms with van der Waals surface area (Å²) in [6, 6.07) is 0. The Morgan fingerprint density at radius 3 is 1.50 bits per heavy atom. The third-order valence-corrected chi connectivity index (χ3v) is 2.29. The molecule has 9 heteroatoms. The van der Waals surface area contributed by atoms with E-state index in [0.717, 1.165) is 7.11 Å². The lowest BCUT2D eigenvalue weighted by Gasteiger charge is -2.12. The van der Waals surface area contributed by atoms with Crippen molar-refractivity contribution in [2.75, 3.05) is 7.11 Å². The molecule has 0 N–H and O–H groups in total. The first-order valence-electron chi connectivity index (χ1n) is 4.50. The van der Waals surface area contributed by atoms with E-state index in [1.165, 1.54) is 13.8 Å². The van der Waals surface area contributed by atoms with Crippen LogP contribution in [0.5, 0.6) is 0 Å². The fourth-order valence-corrected chi connectivity index (χ4v) is 0.839. The molecule has 102 valence electrons. The topological polar surface area (TPSA) is 97.4 Å². The smallest absolute Gasteiger partial charge is 0.286 e. The summed E-state index contributed by atoms with van der Waals surface area (Å²) >= 11 is 0. The summed E-state index contributed by atoms with van der Waals surface area (Å²) in [4.78, 5) is 30.1. The fourth-order valence-electron chi connectivity index (χ4n) is 0.375. The van der Waals surface area contributed by atoms with E-state index in [4.69, 9.17) is 0 Å². The number of hydrogen-bond acceptors (Lipinski definition) is 8. The number of rotatable bonds is 7. The average Bonchev–Trinajstić information content (AvgIpc) is 2.32. The number of phosphoric acid groups is 1. The zero-order valence-corrected chi connectivity index (χ0v) is 11.0. The van der Waals surface area contributed by atoms with Crippen LogP contribution < -0.4 is 0 Å². The molecule has 0 aliphatic heterocycles. The third-order valence-electron chi connectivity index (χ3n) is 1.33. The van der Waals surface area contributed by atoms with Crippen molar-refractivity contribution in [3.8, 4) is 0 Å². The predicted octanol–water partition coefficient (Wildman–Crippen LogP) is 1.84. The van der Waals surface area contributed by atoms with Crippen LogP contribution in [0.2, 0.25) is 0 Å². The monoisotopic (exact) mass is 280 g/mol. The van der Waals surface area contributed by atoms with Gasteiger partial charge in [-0.3, -0.25) is 14.3 Å². The highest BCUT2D eigenvalue weighted by atomic mass is 31.2. The second kappa shape index (κ2) is 7.07. The second-order valence-corrected chi connectivity index (χ2v) is 4.64. The highest BCUT2D eigenvalue weighted by Crippen LogP contribution is 2.49. The molecule has 0 fully saturated rings. The van der Waals surface area contributed by atoms with Gasteiger partial charge in [-0.15, -0.1) is 0 Å². The molecular formula is C9H13O8P. The average molecular weight is 280 g/mol. The minimum Gasteiger partial charge on any atom is -0.286 e. The second-order valence-electron chi connectivity index (χ2n) is 3.08. The first-order valence-corrected chi connectivity index (χ1v) is 5.96. The van der Waals surface area contributed by atoms with Gasteiger partial charge < -0.3 is 0 Å². The molecule has 0 rings (SSSR count). The molecule has 18 heavy (non-hydrogen) atoms. The summed E-state index contributed by atoms with van der Waals surface area (Å²) in [6.07, 6.45) is 0. The van der Waals surface area contributed by atoms with E-state index in [1.54, 1.807) is 0 Å². The number of hydrogen-bond donors (Lipinski definition) is 0. The zero-order chi connectivity index (χ0) is 14.3. The van der Waals surface area contributed by atoms with E-state index in [0.29, 0.717) is 0 Å². The largest absolute Gasteiger partial charge is 0.547 e. The molecule has 0 heterocycles. The van der Waals surface area contributed by atoms with Crippen molar-refractivity contribution < 1.29 is 37.8 Å². The van der Waals surface area contributed by atoms with Crippen molar-refractivity contribution in [1.29, 1.82) is 0 Å². The molecule has 0 saturated carbocycles. The zero-order valence-electron chi connectivity index (χ0n) is 10.1. The molecule has 0 aliphatic carbocycles. The molecule has 0 bridgehead atoms. The van der Waals surface area contributed by atoms with Gasteiger partial charge in [0.05, 0.1) is 0 Å². The van der Waals surface area contributed by atoms with Gasteiger partial charge in [-0.25, -0.2) is 14.2 Å². The number of carbonyl (C=O) groups is 2. The number of carbonyl (C=O) groups excluding carboxylic acids is 2. The summed E-state index contributed by atoms with van der Waals surface area (Å²) in [5.74, 6) is -1.97. The van der Waals surface area contributed by atoms with Gasteiger partial charge in [0.15, 0.2) is 0 Å². The van der Waals surface area contributed by atoms with Gasteiger partial charge in [-0.1, -0.05) is 22.5 Å². The van der Waals surface area contributed by atoms with Crippen molar-refractivity contribution in [1.82, 2.24) is 0 Å². The van der Waals surface area contributed by atoms with Crippen molar-refractivity contribution in [2.45, 2.75) is 13.8 Å². The van der Waals surface area contributed by atoms with Crippen LogP contribution in [0.15, 0.2) is 24.3 Å². The molecule has 0 spiro atoms. The molecule has 0 aliphatic rings. The van der Waals surface area contributed by atoms with Crippen molar-refractivity contribution in [3.63, 3.8) is 0 Å². The van der Waals surface area contributed by atoms with Gasteiger partial charge in [0.2, 0.25) is 0 Å². The maximum Gasteiger partial charge on any atom is 0.547 e. The lowest BCUT2D eigenvalue weighted by Crippen LogP contribution is -2.10. The lowest BCUT2D eigenvalue weighted by molar-refractivity contribution is -0.257. The predicted molar refractivity (Wildman–Crippen MR) is 58.6 cm³/mol. The summed E-state index contributed by atoms with van der Waals surface area (Å²) in [7, 11) is -3.42. The summed E-state index contributed by atoms with van der Waals surface area (Å²) in [5.41, 5.74) is -0.00633. The molecule has 0 aromatic rings. The van der Waals surface area contributed by atoms with E-state index in [-0.39, 0.29) is 11.1 Å². The summed E-state index contributed by atoms with van der Waals surface area (Å²) in [5, 5.41) is 0. The van der Waals surface area contributed by atoms with Crippen molar-refractivity contribution >= 4 is 19.8 Å². The fraction of sp³-hybridized carbons (Fsp3) is 0.333. The molecule has 0 atom stereocenters. The van der Waals surface area contributed by atoms with Crippen molar-refractivity contribution in [2.24, 2.45) is 0 Å². The Morgan fingerprint density at radius 2 is 1.28 bits per heavy atom. The SMILES string of the molecule is C=C(C)C(=O)OOP(=O)(OC)OOC(=O)C(=C)C. The molecule has 8 nitrogen and oxygen atoms in total. The summed E-state index contributed by atoms with van der Waals surface area (Å²) in [6.45, 7) is 9.19. The minimum absolute atomic E-state index is 0.00316. The molecule has 0 unspecified atom stereocenters. The normalized spacial score (nSPS) is 10.6. The molecule has 0 aromatic carbocycles. The lowest BCUT2D eigenvalue weighted by atomic mass is 10.4. The van der Waals surface area contributed by atoms with Gasteiger partial charge in [0, 0.05) is 18.3 Å². The highest BCUT2D eigenvalue weighted by molar-refractivity contribution is 7.48. The van der Waals surface area contributed by atoms with Crippen LogP contribution in [0.3, 0.4) is 0 Å². The van der Waals surface area contributed by atoms with Crippen LogP contribution >= 0.6 is 7.82 Å². The molecule has 0 radical (unpaired) electrons. The summed E-state index contributed by atoms with van der Waals surface area (Å²) < 4.78 is 24.1. The Morgan fingerprint density at radius 1 is 0.944 bits per heavy atom. The van der Waals surface area contributed by atoms with E-state index < -0.39 is 19.8 Å². The van der Waals surface area contributed by atoms with Gasteiger partial charge >= 0.3 is 19.8 Å². The maximum atomic E-state index is 11.6. The van der Waals surface area contributed by atoms with Crippen LogP contribution in [0.1, 0.15) is 13.8 Å². The Balaban J connectivity index is 4.40. The van der Waals surface area contributed by atoms with Gasteiger partial charge in [0.1, 0.15) is 0 Å². The molecule has 0 amide bonds. The van der Waals surface area contributed by atoms with E-state index in [9.17, 15) is 14.2 Å². The van der Waals surface area contributed by atoms with Crippen LogP contribution in [0.4, 0.5) is 0 Å². The van der Waals surface area contributed by atoms with Crippen LogP contribution in [-0.2, 0) is 37.8 Å². The molecule has 0 saturated heterocycles. The van der Waals surface area contributed by atoms with Crippen LogP contribution in [0.25, 0.3) is 0 Å². The first kappa shape index (κ1) is 16.5. The third kappa shape index (κ3) is 5.74. The van der Waals surface area contributed by atoms with Crippen LogP contribution in [-0.4, -0.2) is 19.0 Å². The van der Waals surface area contributed by atoms with Gasteiger partial charge in [0.25, 0.3) is 0 Å². The molecule has 0 aromatic heterocycles. The van der Waals surface area contributed by atoms with Crippen molar-refractivity contribution in [3.05, 3.63) is 24.3 Å². The van der Waals surface area contributed by atoms with Gasteiger partial charge in [-0.05, 0) is 13.8 Å². The van der Waals surface area contributed by atoms with Crippen LogP contribution in [0, 0.1) is 0 Å². The van der Waals surface area contributed by atoms with E-state index in [2.05, 4.69) is 36.8 Å². The maximum absolute atomic E-state index is 11.6. The van der Waals surface area contributed by atoms with E-state index >= 15 is 0 Å². The standard InChI is InChI=1S/C9H13O8P/c1-6(2)8(10)14-16-18(12,13-5)17-15-9(11)7(3)4/h1,3H2,2,4-5H3. The Kier molecular flexibility index (Phi) is 6.50. The Bertz CT molecular complexity index is 379.